The van der Waals surface area contributed by atoms with Crippen LogP contribution in [0.4, 0.5) is 17.1 Å². The molecule has 59 heavy (non-hydrogen) atoms. The zero-order valence-electron chi connectivity index (χ0n) is 34.5. The predicted octanol–water partition coefficient (Wildman–Crippen LogP) is 17.0. The quantitative estimate of drug-likeness (QED) is 0.146. The third-order valence-electron chi connectivity index (χ3n) is 12.8. The van der Waals surface area contributed by atoms with E-state index in [0.717, 1.165) is 17.1 Å². The van der Waals surface area contributed by atoms with Gasteiger partial charge in [-0.2, -0.15) is 0 Å². The molecule has 0 N–H and O–H groups in total. The molecule has 0 saturated heterocycles. The van der Waals surface area contributed by atoms with Gasteiger partial charge in [0.05, 0.1) is 17.1 Å². The van der Waals surface area contributed by atoms with Crippen molar-refractivity contribution in [2.75, 3.05) is 4.90 Å². The van der Waals surface area contributed by atoms with Gasteiger partial charge in [-0.05, 0) is 103 Å². The van der Waals surface area contributed by atoms with Crippen molar-refractivity contribution < 1.29 is 0 Å². The molecule has 1 heteroatoms. The average Bonchev–Trinajstić information content (AvgIpc) is 3.29. The van der Waals surface area contributed by atoms with Crippen molar-refractivity contribution in [3.8, 4) is 33.4 Å². The lowest BCUT2D eigenvalue weighted by atomic mass is 9.80. The average molecular weight is 762 g/mol. The molecule has 0 heterocycles. The first-order valence-corrected chi connectivity index (χ1v) is 21.5. The number of hydrogen-bond acceptors (Lipinski definition) is 1. The van der Waals surface area contributed by atoms with Crippen LogP contribution in [0.1, 0.15) is 69.9 Å². The Hall–Kier alpha value is -6.44. The van der Waals surface area contributed by atoms with E-state index < -0.39 is 0 Å². The molecule has 0 unspecified atom stereocenters. The fourth-order valence-electron chi connectivity index (χ4n) is 9.87. The van der Waals surface area contributed by atoms with Crippen LogP contribution in [0.2, 0.25) is 0 Å². The fraction of sp³-hybridized carbons (Fsp3) is 0.172. The van der Waals surface area contributed by atoms with Gasteiger partial charge in [-0.3, -0.25) is 0 Å². The van der Waals surface area contributed by atoms with Gasteiger partial charge in [0.25, 0.3) is 0 Å². The summed E-state index contributed by atoms with van der Waals surface area (Å²) in [6, 6.07) is 70.5. The smallest absolute Gasteiger partial charge is 0.0540 e. The van der Waals surface area contributed by atoms with Crippen molar-refractivity contribution in [2.45, 2.75) is 64.2 Å². The Morgan fingerprint density at radius 1 is 0.390 bits per heavy atom. The van der Waals surface area contributed by atoms with Crippen molar-refractivity contribution in [2.24, 2.45) is 0 Å². The predicted molar refractivity (Wildman–Crippen MR) is 254 cm³/mol. The monoisotopic (exact) mass is 761 g/mol. The number of benzene rings is 9. The Morgan fingerprint density at radius 2 is 0.915 bits per heavy atom. The highest BCUT2D eigenvalue weighted by atomic mass is 15.1. The van der Waals surface area contributed by atoms with Crippen LogP contribution in [-0.4, -0.2) is 0 Å². The number of fused-ring (bicyclic) bond motifs is 4. The second kappa shape index (κ2) is 15.4. The van der Waals surface area contributed by atoms with Gasteiger partial charge < -0.3 is 4.90 Å². The van der Waals surface area contributed by atoms with E-state index in [9.17, 15) is 0 Å². The number of anilines is 3. The van der Waals surface area contributed by atoms with Crippen LogP contribution in [0.3, 0.4) is 0 Å². The molecule has 9 aromatic carbocycles. The highest BCUT2D eigenvalue weighted by Gasteiger charge is 2.26. The Morgan fingerprint density at radius 3 is 1.63 bits per heavy atom. The van der Waals surface area contributed by atoms with E-state index in [2.05, 4.69) is 214 Å². The molecule has 1 fully saturated rings. The molecule has 0 aliphatic heterocycles. The van der Waals surface area contributed by atoms with Gasteiger partial charge >= 0.3 is 0 Å². The normalized spacial score (nSPS) is 13.6. The first kappa shape index (κ1) is 36.9. The lowest BCUT2D eigenvalue weighted by Crippen LogP contribution is -2.14. The zero-order valence-corrected chi connectivity index (χ0v) is 34.5. The van der Waals surface area contributed by atoms with Gasteiger partial charge in [-0.15, -0.1) is 0 Å². The maximum atomic E-state index is 2.56. The maximum absolute atomic E-state index is 2.56. The summed E-state index contributed by atoms with van der Waals surface area (Å²) in [6.45, 7) is 6.86. The summed E-state index contributed by atoms with van der Waals surface area (Å²) < 4.78 is 0. The van der Waals surface area contributed by atoms with E-state index in [0.29, 0.717) is 5.92 Å². The largest absolute Gasteiger partial charge is 0.309 e. The van der Waals surface area contributed by atoms with Crippen molar-refractivity contribution in [3.63, 3.8) is 0 Å². The van der Waals surface area contributed by atoms with Crippen molar-refractivity contribution in [1.29, 1.82) is 0 Å². The van der Waals surface area contributed by atoms with E-state index in [1.54, 1.807) is 0 Å². The molecule has 288 valence electrons. The Bertz CT molecular complexity index is 2950. The molecule has 0 atom stereocenters. The van der Waals surface area contributed by atoms with Crippen LogP contribution in [0, 0.1) is 0 Å². The van der Waals surface area contributed by atoms with Crippen LogP contribution in [0.5, 0.6) is 0 Å². The summed E-state index contributed by atoms with van der Waals surface area (Å²) in [5, 5.41) is 7.77. The molecule has 0 bridgehead atoms. The standard InChI is InChI=1S/C58H51N/c1-58(2,3)44-37-34-42(35-38-44)46-24-9-12-31-54(46)59(55-32-13-10-25-51(55)49-29-17-28-48-45-23-8-7-20-41(45)36-39-50(48)49)56-33-14-11-26-52(56)53-30-16-22-43-21-15-27-47(57(43)53)40-18-5-4-6-19-40/h7-17,20-40H,4-6,18-19H2,1-3H3. The topological polar surface area (TPSA) is 3.24 Å². The summed E-state index contributed by atoms with van der Waals surface area (Å²) >= 11 is 0. The fourth-order valence-corrected chi connectivity index (χ4v) is 9.87. The van der Waals surface area contributed by atoms with Crippen LogP contribution < -0.4 is 4.90 Å². The first-order valence-electron chi connectivity index (χ1n) is 21.5. The lowest BCUT2D eigenvalue weighted by Gasteiger charge is -2.32. The molecule has 1 aliphatic carbocycles. The van der Waals surface area contributed by atoms with Gasteiger partial charge in [0.15, 0.2) is 0 Å². The van der Waals surface area contributed by atoms with E-state index >= 15 is 0 Å². The van der Waals surface area contributed by atoms with Crippen LogP contribution in [0.25, 0.3) is 65.7 Å². The summed E-state index contributed by atoms with van der Waals surface area (Å²) in [5.74, 6) is 0.580. The van der Waals surface area contributed by atoms with E-state index in [1.165, 1.54) is 109 Å². The van der Waals surface area contributed by atoms with Crippen LogP contribution in [0.15, 0.2) is 188 Å². The molecular weight excluding hydrogens is 711 g/mol. The number of nitrogens with zero attached hydrogens (tertiary/aromatic N) is 1. The third-order valence-corrected chi connectivity index (χ3v) is 12.8. The molecule has 0 aromatic heterocycles. The van der Waals surface area contributed by atoms with Crippen molar-refractivity contribution in [1.82, 2.24) is 0 Å². The molecule has 9 aromatic rings. The summed E-state index contributed by atoms with van der Waals surface area (Å²) in [6.07, 6.45) is 6.48. The SMILES string of the molecule is CC(C)(C)c1ccc(-c2ccccc2N(c2ccccc2-c2cccc3c2ccc2ccccc23)c2ccccc2-c2cccc3cccc(C4CCCCC4)c23)cc1. The zero-order chi connectivity index (χ0) is 39.9. The summed E-state index contributed by atoms with van der Waals surface area (Å²) in [4.78, 5) is 2.56. The second-order valence-electron chi connectivity index (χ2n) is 17.5. The van der Waals surface area contributed by atoms with Gasteiger partial charge in [-0.1, -0.05) is 210 Å². The molecule has 0 radical (unpaired) electrons. The summed E-state index contributed by atoms with van der Waals surface area (Å²) in [7, 11) is 0. The minimum absolute atomic E-state index is 0.0701. The molecule has 1 saturated carbocycles. The molecule has 0 amide bonds. The Labute approximate surface area is 349 Å². The van der Waals surface area contributed by atoms with Crippen LogP contribution in [-0.2, 0) is 5.41 Å². The Balaban J connectivity index is 1.25. The third kappa shape index (κ3) is 6.79. The maximum Gasteiger partial charge on any atom is 0.0540 e. The Kier molecular flexibility index (Phi) is 9.61. The summed E-state index contributed by atoms with van der Waals surface area (Å²) in [5.41, 5.74) is 13.7. The minimum Gasteiger partial charge on any atom is -0.309 e. The second-order valence-corrected chi connectivity index (χ2v) is 17.5. The van der Waals surface area contributed by atoms with Gasteiger partial charge in [0.2, 0.25) is 0 Å². The van der Waals surface area contributed by atoms with Gasteiger partial charge in [0.1, 0.15) is 0 Å². The van der Waals surface area contributed by atoms with Crippen molar-refractivity contribution >= 4 is 49.4 Å². The molecule has 0 spiro atoms. The lowest BCUT2D eigenvalue weighted by molar-refractivity contribution is 0.445. The van der Waals surface area contributed by atoms with E-state index in [-0.39, 0.29) is 5.41 Å². The molecule has 10 rings (SSSR count). The van der Waals surface area contributed by atoms with Crippen LogP contribution >= 0.6 is 0 Å². The van der Waals surface area contributed by atoms with E-state index in [1.807, 2.05) is 0 Å². The van der Waals surface area contributed by atoms with E-state index in [4.69, 9.17) is 0 Å². The minimum atomic E-state index is 0.0701. The van der Waals surface area contributed by atoms with Crippen molar-refractivity contribution in [3.05, 3.63) is 199 Å². The molecular formula is C58H51N. The highest BCUT2D eigenvalue weighted by molar-refractivity contribution is 6.13. The number of para-hydroxylation sites is 3. The molecule has 1 nitrogen and oxygen atoms in total. The first-order chi connectivity index (χ1) is 28.9. The van der Waals surface area contributed by atoms with Gasteiger partial charge in [-0.25, -0.2) is 0 Å². The highest BCUT2D eigenvalue weighted by Crippen LogP contribution is 2.50. The number of hydrogen-bond donors (Lipinski definition) is 0. The van der Waals surface area contributed by atoms with Gasteiger partial charge in [0, 0.05) is 16.7 Å². The molecule has 1 aliphatic rings. The number of rotatable bonds is 7.